The zero-order valence-electron chi connectivity index (χ0n) is 15.0. The zero-order chi connectivity index (χ0) is 19.8. The molecule has 0 atom stereocenters. The summed E-state index contributed by atoms with van der Waals surface area (Å²) in [6.07, 6.45) is 0. The molecule has 0 aliphatic rings. The molecule has 0 heterocycles. The average Bonchev–Trinajstić information content (AvgIpc) is 2.69. The highest BCUT2D eigenvalue weighted by atomic mass is 32.2. The van der Waals surface area contributed by atoms with Crippen LogP contribution in [0.3, 0.4) is 0 Å². The number of carbonyl (C=O) groups excluding carboxylic acids is 1. The number of sulfonamides is 1. The van der Waals surface area contributed by atoms with Crippen molar-refractivity contribution in [1.82, 2.24) is 0 Å². The summed E-state index contributed by atoms with van der Waals surface area (Å²) in [4.78, 5) is 12.1. The summed E-state index contributed by atoms with van der Waals surface area (Å²) in [5.41, 5.74) is 1.81. The Morgan fingerprint density at radius 2 is 1.46 bits per heavy atom. The summed E-state index contributed by atoms with van der Waals surface area (Å²) in [7, 11) is -3.76. The molecule has 2 N–H and O–H groups in total. The Morgan fingerprint density at radius 1 is 0.821 bits per heavy atom. The van der Waals surface area contributed by atoms with Gasteiger partial charge in [0.2, 0.25) is 5.91 Å². The van der Waals surface area contributed by atoms with E-state index in [1.54, 1.807) is 42.5 Å². The van der Waals surface area contributed by atoms with E-state index < -0.39 is 10.0 Å². The topological polar surface area (TPSA) is 84.5 Å². The van der Waals surface area contributed by atoms with E-state index >= 15 is 0 Å². The first-order valence-electron chi connectivity index (χ1n) is 8.62. The van der Waals surface area contributed by atoms with Crippen molar-refractivity contribution in [3.8, 4) is 0 Å². The lowest BCUT2D eigenvalue weighted by molar-refractivity contribution is -0.121. The number of amides is 1. The standard InChI is InChI=1S/C21H20N2O4S/c24-21(16-27-15-17-8-3-1-4-9-17)22-19-12-7-13-20(14-19)28(25,26)23-18-10-5-2-6-11-18/h1-14,23H,15-16H2,(H,22,24). The summed E-state index contributed by atoms with van der Waals surface area (Å²) >= 11 is 0. The molecule has 6 nitrogen and oxygen atoms in total. The number of hydrogen-bond donors (Lipinski definition) is 2. The highest BCUT2D eigenvalue weighted by Crippen LogP contribution is 2.19. The van der Waals surface area contributed by atoms with Crippen molar-refractivity contribution in [2.24, 2.45) is 0 Å². The van der Waals surface area contributed by atoms with Gasteiger partial charge in [-0.25, -0.2) is 8.42 Å². The summed E-state index contributed by atoms with van der Waals surface area (Å²) in [5, 5.41) is 2.65. The van der Waals surface area contributed by atoms with Crippen LogP contribution >= 0.6 is 0 Å². The van der Waals surface area contributed by atoms with Crippen LogP contribution in [0.2, 0.25) is 0 Å². The van der Waals surface area contributed by atoms with E-state index in [1.165, 1.54) is 12.1 Å². The van der Waals surface area contributed by atoms with E-state index in [0.29, 0.717) is 18.0 Å². The maximum atomic E-state index is 12.5. The Kier molecular flexibility index (Phi) is 6.41. The quantitative estimate of drug-likeness (QED) is 0.609. The summed E-state index contributed by atoms with van der Waals surface area (Å²) < 4.78 is 32.9. The van der Waals surface area contributed by atoms with Gasteiger partial charge in [-0.15, -0.1) is 0 Å². The zero-order valence-corrected chi connectivity index (χ0v) is 15.9. The van der Waals surface area contributed by atoms with Crippen LogP contribution in [-0.4, -0.2) is 20.9 Å². The Balaban J connectivity index is 1.58. The van der Waals surface area contributed by atoms with Crippen LogP contribution in [0.1, 0.15) is 5.56 Å². The highest BCUT2D eigenvalue weighted by Gasteiger charge is 2.15. The fourth-order valence-electron chi connectivity index (χ4n) is 2.49. The van der Waals surface area contributed by atoms with Gasteiger partial charge in [-0.3, -0.25) is 9.52 Å². The molecule has 3 aromatic rings. The predicted octanol–water partition coefficient (Wildman–Crippen LogP) is 3.64. The third-order valence-corrected chi connectivity index (χ3v) is 5.18. The third kappa shape index (κ3) is 5.67. The molecule has 0 aliphatic heterocycles. The first-order chi connectivity index (χ1) is 13.5. The van der Waals surface area contributed by atoms with Gasteiger partial charge < -0.3 is 10.1 Å². The fourth-order valence-corrected chi connectivity index (χ4v) is 3.60. The van der Waals surface area contributed by atoms with Crippen molar-refractivity contribution in [3.63, 3.8) is 0 Å². The molecule has 28 heavy (non-hydrogen) atoms. The smallest absolute Gasteiger partial charge is 0.261 e. The van der Waals surface area contributed by atoms with Crippen molar-refractivity contribution in [3.05, 3.63) is 90.5 Å². The minimum Gasteiger partial charge on any atom is -0.367 e. The van der Waals surface area contributed by atoms with Gasteiger partial charge in [0.1, 0.15) is 6.61 Å². The lowest BCUT2D eigenvalue weighted by atomic mass is 10.2. The van der Waals surface area contributed by atoms with E-state index in [9.17, 15) is 13.2 Å². The van der Waals surface area contributed by atoms with Crippen LogP contribution in [-0.2, 0) is 26.2 Å². The molecule has 0 bridgehead atoms. The Morgan fingerprint density at radius 3 is 2.18 bits per heavy atom. The molecule has 7 heteroatoms. The van der Waals surface area contributed by atoms with E-state index in [-0.39, 0.29) is 17.4 Å². The SMILES string of the molecule is O=C(COCc1ccccc1)Nc1cccc(S(=O)(=O)Nc2ccccc2)c1. The van der Waals surface area contributed by atoms with Crippen LogP contribution in [0.25, 0.3) is 0 Å². The first-order valence-corrected chi connectivity index (χ1v) is 10.1. The third-order valence-electron chi connectivity index (χ3n) is 3.80. The van der Waals surface area contributed by atoms with Crippen molar-refractivity contribution in [1.29, 1.82) is 0 Å². The summed E-state index contributed by atoms with van der Waals surface area (Å²) in [6.45, 7) is 0.192. The number of carbonyl (C=O) groups is 1. The summed E-state index contributed by atoms with van der Waals surface area (Å²) in [6, 6.07) is 24.2. The van der Waals surface area contributed by atoms with Gasteiger partial charge in [0.15, 0.2) is 0 Å². The number of benzene rings is 3. The highest BCUT2D eigenvalue weighted by molar-refractivity contribution is 7.92. The van der Waals surface area contributed by atoms with Gasteiger partial charge in [0.25, 0.3) is 10.0 Å². The van der Waals surface area contributed by atoms with E-state index in [2.05, 4.69) is 10.0 Å². The van der Waals surface area contributed by atoms with Gasteiger partial charge in [-0.2, -0.15) is 0 Å². The van der Waals surface area contributed by atoms with Crippen LogP contribution in [0.5, 0.6) is 0 Å². The lowest BCUT2D eigenvalue weighted by Crippen LogP contribution is -2.19. The predicted molar refractivity (Wildman–Crippen MR) is 108 cm³/mol. The number of anilines is 2. The summed E-state index contributed by atoms with van der Waals surface area (Å²) in [5.74, 6) is -0.360. The number of nitrogens with one attached hydrogen (secondary N) is 2. The molecule has 0 spiro atoms. The molecule has 0 radical (unpaired) electrons. The van der Waals surface area contributed by atoms with Crippen LogP contribution in [0, 0.1) is 0 Å². The molecule has 3 aromatic carbocycles. The molecule has 0 aromatic heterocycles. The maximum absolute atomic E-state index is 12.5. The second-order valence-corrected chi connectivity index (χ2v) is 7.71. The lowest BCUT2D eigenvalue weighted by Gasteiger charge is -2.10. The van der Waals surface area contributed by atoms with Crippen LogP contribution < -0.4 is 10.0 Å². The minimum atomic E-state index is -3.76. The van der Waals surface area contributed by atoms with Gasteiger partial charge >= 0.3 is 0 Å². The van der Waals surface area contributed by atoms with E-state index in [4.69, 9.17) is 4.74 Å². The van der Waals surface area contributed by atoms with Crippen molar-refractivity contribution in [2.75, 3.05) is 16.6 Å². The van der Waals surface area contributed by atoms with Crippen LogP contribution in [0.15, 0.2) is 89.8 Å². The number of rotatable bonds is 8. The average molecular weight is 396 g/mol. The molecule has 0 fully saturated rings. The van der Waals surface area contributed by atoms with Crippen LogP contribution in [0.4, 0.5) is 11.4 Å². The molecular formula is C21H20N2O4S. The molecular weight excluding hydrogens is 376 g/mol. The largest absolute Gasteiger partial charge is 0.367 e. The van der Waals surface area contributed by atoms with Gasteiger partial charge in [-0.05, 0) is 35.9 Å². The fraction of sp³-hybridized carbons (Fsp3) is 0.0952. The second-order valence-electron chi connectivity index (χ2n) is 6.03. The normalized spacial score (nSPS) is 11.0. The van der Waals surface area contributed by atoms with Gasteiger partial charge in [0.05, 0.1) is 11.5 Å². The number of ether oxygens (including phenoxy) is 1. The second kappa shape index (κ2) is 9.16. The van der Waals surface area contributed by atoms with Crippen molar-refractivity contribution >= 4 is 27.3 Å². The van der Waals surface area contributed by atoms with E-state index in [1.807, 2.05) is 30.3 Å². The Hall–Kier alpha value is -3.16. The molecule has 0 saturated carbocycles. The first kappa shape index (κ1) is 19.6. The van der Waals surface area contributed by atoms with Crippen molar-refractivity contribution < 1.29 is 17.9 Å². The van der Waals surface area contributed by atoms with Gasteiger partial charge in [0, 0.05) is 11.4 Å². The monoisotopic (exact) mass is 396 g/mol. The molecule has 0 saturated heterocycles. The number of hydrogen-bond acceptors (Lipinski definition) is 4. The Bertz CT molecular complexity index is 1020. The van der Waals surface area contributed by atoms with Crippen molar-refractivity contribution in [2.45, 2.75) is 11.5 Å². The minimum absolute atomic E-state index is 0.0550. The molecule has 144 valence electrons. The number of para-hydroxylation sites is 1. The van der Waals surface area contributed by atoms with E-state index in [0.717, 1.165) is 5.56 Å². The van der Waals surface area contributed by atoms with Gasteiger partial charge in [-0.1, -0.05) is 54.6 Å². The Labute approximate surface area is 164 Å². The molecule has 0 unspecified atom stereocenters. The molecule has 3 rings (SSSR count). The maximum Gasteiger partial charge on any atom is 0.261 e. The molecule has 0 aliphatic carbocycles. The molecule has 1 amide bonds.